The molecular formula is C13H14N2O3. The van der Waals surface area contributed by atoms with Gasteiger partial charge in [-0.25, -0.2) is 0 Å². The molecule has 94 valence electrons. The van der Waals surface area contributed by atoms with Crippen molar-refractivity contribution in [1.82, 2.24) is 0 Å². The third-order valence-electron chi connectivity index (χ3n) is 3.26. The van der Waals surface area contributed by atoms with E-state index in [1.807, 2.05) is 0 Å². The lowest BCUT2D eigenvalue weighted by Gasteiger charge is -2.26. The number of nitrogens with one attached hydrogen (secondary N) is 1. The Hall–Kier alpha value is -2.04. The molecule has 5 nitrogen and oxygen atoms in total. The summed E-state index contributed by atoms with van der Waals surface area (Å²) in [5.41, 5.74) is 1.40. The van der Waals surface area contributed by atoms with E-state index in [0.717, 1.165) is 12.8 Å². The van der Waals surface area contributed by atoms with Crippen LogP contribution in [0.15, 0.2) is 18.2 Å². The first kappa shape index (κ1) is 11.1. The highest BCUT2D eigenvalue weighted by Crippen LogP contribution is 2.35. The molecule has 0 saturated heterocycles. The Morgan fingerprint density at radius 3 is 2.94 bits per heavy atom. The van der Waals surface area contributed by atoms with E-state index in [-0.39, 0.29) is 24.3 Å². The van der Waals surface area contributed by atoms with Gasteiger partial charge < -0.3 is 15.0 Å². The van der Waals surface area contributed by atoms with Gasteiger partial charge in [-0.05, 0) is 31.0 Å². The van der Waals surface area contributed by atoms with Gasteiger partial charge in [0, 0.05) is 18.7 Å². The molecule has 0 aromatic heterocycles. The van der Waals surface area contributed by atoms with E-state index in [1.165, 1.54) is 0 Å². The van der Waals surface area contributed by atoms with Gasteiger partial charge in [0.2, 0.25) is 5.91 Å². The minimum Gasteiger partial charge on any atom is -0.482 e. The standard InChI is InChI=1S/C13H14N2O3/c1-15-10-6-9(14-13(17)8-2-3-8)4-5-11(10)18-7-12(15)16/h4-6,8H,2-3,7H2,1H3,(H,14,17). The van der Waals surface area contributed by atoms with E-state index in [2.05, 4.69) is 5.32 Å². The zero-order chi connectivity index (χ0) is 12.7. The summed E-state index contributed by atoms with van der Waals surface area (Å²) in [6.45, 7) is 0.0667. The fourth-order valence-corrected chi connectivity index (χ4v) is 1.94. The number of likely N-dealkylation sites (N-methyl/N-ethyl adjacent to an activating group) is 1. The van der Waals surface area contributed by atoms with Crippen molar-refractivity contribution in [2.45, 2.75) is 12.8 Å². The minimum atomic E-state index is -0.0897. The van der Waals surface area contributed by atoms with E-state index in [1.54, 1.807) is 30.1 Å². The van der Waals surface area contributed by atoms with Crippen molar-refractivity contribution in [3.05, 3.63) is 18.2 Å². The van der Waals surface area contributed by atoms with Crippen LogP contribution >= 0.6 is 0 Å². The van der Waals surface area contributed by atoms with Crippen LogP contribution < -0.4 is 15.0 Å². The molecule has 1 aromatic carbocycles. The number of hydrogen-bond acceptors (Lipinski definition) is 3. The van der Waals surface area contributed by atoms with E-state index in [4.69, 9.17) is 4.74 Å². The lowest BCUT2D eigenvalue weighted by Crippen LogP contribution is -2.35. The summed E-state index contributed by atoms with van der Waals surface area (Å²) in [4.78, 5) is 24.7. The zero-order valence-electron chi connectivity index (χ0n) is 10.1. The van der Waals surface area contributed by atoms with Crippen molar-refractivity contribution >= 4 is 23.2 Å². The first-order valence-corrected chi connectivity index (χ1v) is 5.99. The SMILES string of the molecule is CN1C(=O)COc2ccc(NC(=O)C3CC3)cc21. The zero-order valence-corrected chi connectivity index (χ0v) is 10.1. The van der Waals surface area contributed by atoms with E-state index < -0.39 is 0 Å². The summed E-state index contributed by atoms with van der Waals surface area (Å²) >= 11 is 0. The number of nitrogens with zero attached hydrogens (tertiary/aromatic N) is 1. The summed E-state index contributed by atoms with van der Waals surface area (Å²) in [5.74, 6) is 0.798. The third-order valence-corrected chi connectivity index (χ3v) is 3.26. The van der Waals surface area contributed by atoms with Crippen molar-refractivity contribution in [3.63, 3.8) is 0 Å². The van der Waals surface area contributed by atoms with Crippen molar-refractivity contribution in [2.75, 3.05) is 23.9 Å². The molecule has 0 unspecified atom stereocenters. The van der Waals surface area contributed by atoms with Crippen LogP contribution in [0.5, 0.6) is 5.75 Å². The number of benzene rings is 1. The molecule has 0 radical (unpaired) electrons. The topological polar surface area (TPSA) is 58.6 Å². The van der Waals surface area contributed by atoms with E-state index >= 15 is 0 Å². The smallest absolute Gasteiger partial charge is 0.264 e. The number of amides is 2. The van der Waals surface area contributed by atoms with Crippen molar-refractivity contribution in [2.24, 2.45) is 5.92 Å². The molecule has 1 aliphatic heterocycles. The molecule has 1 saturated carbocycles. The van der Waals surface area contributed by atoms with Crippen molar-refractivity contribution < 1.29 is 14.3 Å². The highest BCUT2D eigenvalue weighted by molar-refractivity contribution is 5.99. The average Bonchev–Trinajstić information content (AvgIpc) is 3.18. The van der Waals surface area contributed by atoms with Gasteiger partial charge in [0.05, 0.1) is 5.69 Å². The molecule has 0 spiro atoms. The van der Waals surface area contributed by atoms with Gasteiger partial charge in [0.25, 0.3) is 5.91 Å². The van der Waals surface area contributed by atoms with Gasteiger partial charge in [0.15, 0.2) is 6.61 Å². The second kappa shape index (κ2) is 4.01. The largest absolute Gasteiger partial charge is 0.482 e. The second-order valence-electron chi connectivity index (χ2n) is 4.69. The molecule has 2 amide bonds. The average molecular weight is 246 g/mol. The Morgan fingerprint density at radius 1 is 1.44 bits per heavy atom. The number of ether oxygens (including phenoxy) is 1. The fraction of sp³-hybridized carbons (Fsp3) is 0.385. The maximum absolute atomic E-state index is 11.7. The predicted octanol–water partition coefficient (Wildman–Crippen LogP) is 1.39. The Labute approximate surface area is 105 Å². The van der Waals surface area contributed by atoms with Crippen LogP contribution in [0.3, 0.4) is 0 Å². The molecule has 0 atom stereocenters. The maximum atomic E-state index is 11.7. The van der Waals surface area contributed by atoms with Crippen LogP contribution in [0.1, 0.15) is 12.8 Å². The fourth-order valence-electron chi connectivity index (χ4n) is 1.94. The first-order chi connectivity index (χ1) is 8.65. The normalized spacial score (nSPS) is 18.1. The lowest BCUT2D eigenvalue weighted by molar-refractivity contribution is -0.121. The van der Waals surface area contributed by atoms with Gasteiger partial charge in [0.1, 0.15) is 5.75 Å². The Morgan fingerprint density at radius 2 is 2.22 bits per heavy atom. The van der Waals surface area contributed by atoms with Gasteiger partial charge in [-0.2, -0.15) is 0 Å². The van der Waals surface area contributed by atoms with Gasteiger partial charge in [-0.15, -0.1) is 0 Å². The molecule has 5 heteroatoms. The molecule has 3 rings (SSSR count). The highest BCUT2D eigenvalue weighted by atomic mass is 16.5. The summed E-state index contributed by atoms with van der Waals surface area (Å²) in [6, 6.07) is 5.34. The molecule has 18 heavy (non-hydrogen) atoms. The van der Waals surface area contributed by atoms with Crippen LogP contribution in [0.4, 0.5) is 11.4 Å². The Bertz CT molecular complexity index is 523. The number of hydrogen-bond donors (Lipinski definition) is 1. The minimum absolute atomic E-state index is 0.0562. The number of carbonyl (C=O) groups is 2. The molecule has 1 heterocycles. The summed E-state index contributed by atoms with van der Waals surface area (Å²) in [7, 11) is 1.70. The third kappa shape index (κ3) is 1.92. The first-order valence-electron chi connectivity index (χ1n) is 5.99. The number of carbonyl (C=O) groups excluding carboxylic acids is 2. The van der Waals surface area contributed by atoms with Crippen LogP contribution in [-0.4, -0.2) is 25.5 Å². The van der Waals surface area contributed by atoms with E-state index in [0.29, 0.717) is 17.1 Å². The molecule has 1 N–H and O–H groups in total. The molecule has 0 bridgehead atoms. The molecule has 1 aliphatic carbocycles. The van der Waals surface area contributed by atoms with Gasteiger partial charge in [-0.3, -0.25) is 9.59 Å². The Balaban J connectivity index is 1.85. The number of fused-ring (bicyclic) bond motifs is 1. The monoisotopic (exact) mass is 246 g/mol. The van der Waals surface area contributed by atoms with Crippen molar-refractivity contribution in [1.29, 1.82) is 0 Å². The van der Waals surface area contributed by atoms with Gasteiger partial charge >= 0.3 is 0 Å². The van der Waals surface area contributed by atoms with Crippen molar-refractivity contribution in [3.8, 4) is 5.75 Å². The quantitative estimate of drug-likeness (QED) is 0.857. The summed E-state index contributed by atoms with van der Waals surface area (Å²) in [5, 5.41) is 2.86. The summed E-state index contributed by atoms with van der Waals surface area (Å²) in [6.07, 6.45) is 1.94. The molecular weight excluding hydrogens is 232 g/mol. The van der Waals surface area contributed by atoms with Crippen LogP contribution in [0, 0.1) is 5.92 Å². The molecule has 1 fully saturated rings. The predicted molar refractivity (Wildman–Crippen MR) is 66.7 cm³/mol. The van der Waals surface area contributed by atoms with Gasteiger partial charge in [-0.1, -0.05) is 0 Å². The Kier molecular flexibility index (Phi) is 2.47. The molecule has 1 aromatic rings. The lowest BCUT2D eigenvalue weighted by atomic mass is 10.2. The van der Waals surface area contributed by atoms with Crippen LogP contribution in [0.2, 0.25) is 0 Å². The van der Waals surface area contributed by atoms with Crippen LogP contribution in [-0.2, 0) is 9.59 Å². The van der Waals surface area contributed by atoms with E-state index in [9.17, 15) is 9.59 Å². The number of anilines is 2. The summed E-state index contributed by atoms with van der Waals surface area (Å²) < 4.78 is 5.32. The second-order valence-corrected chi connectivity index (χ2v) is 4.69. The maximum Gasteiger partial charge on any atom is 0.264 e. The molecule has 2 aliphatic rings. The van der Waals surface area contributed by atoms with Crippen LogP contribution in [0.25, 0.3) is 0 Å². The highest BCUT2D eigenvalue weighted by Gasteiger charge is 2.30. The number of rotatable bonds is 2.